The Morgan fingerprint density at radius 2 is 2.19 bits per heavy atom. The number of non-ortho nitro benzene ring substituents is 1. The topological polar surface area (TPSA) is 125 Å². The fraction of sp³-hybridized carbons (Fsp3) is 0.0909. The van der Waals surface area contributed by atoms with Crippen molar-refractivity contribution >= 4 is 23.1 Å². The third kappa shape index (κ3) is 3.09. The Morgan fingerprint density at radius 1 is 1.43 bits per heavy atom. The van der Waals surface area contributed by atoms with Crippen molar-refractivity contribution in [1.82, 2.24) is 9.97 Å². The Bertz CT molecular complexity index is 682. The van der Waals surface area contributed by atoms with E-state index in [0.717, 1.165) is 0 Å². The number of hydrazine groups is 1. The maximum absolute atomic E-state index is 10.8. The highest BCUT2D eigenvalue weighted by molar-refractivity contribution is 6.32. The SMILES string of the molecule is COc1c(NN)ncnc1Oc1cc([N+](=O)[O-])ccc1Cl. The second kappa shape index (κ2) is 6.20. The minimum Gasteiger partial charge on any atom is -0.489 e. The number of nitrogens with one attached hydrogen (secondary N) is 1. The van der Waals surface area contributed by atoms with Gasteiger partial charge in [0.25, 0.3) is 11.6 Å². The van der Waals surface area contributed by atoms with Crippen molar-refractivity contribution < 1.29 is 14.4 Å². The predicted molar refractivity (Wildman–Crippen MR) is 74.6 cm³/mol. The van der Waals surface area contributed by atoms with Gasteiger partial charge in [0.2, 0.25) is 5.75 Å². The number of hydrogen-bond acceptors (Lipinski definition) is 8. The lowest BCUT2D eigenvalue weighted by Crippen LogP contribution is -2.11. The molecule has 110 valence electrons. The summed E-state index contributed by atoms with van der Waals surface area (Å²) in [5.41, 5.74) is 2.15. The summed E-state index contributed by atoms with van der Waals surface area (Å²) in [6.45, 7) is 0. The molecule has 9 nitrogen and oxygen atoms in total. The standard InChI is InChI=1S/C11H10ClN5O4/c1-20-9-10(16-13)14-5-15-11(9)21-8-4-6(17(18)19)2-3-7(8)12/h2-5H,13H2,1H3,(H,14,15,16). The molecule has 2 rings (SSSR count). The van der Waals surface area contributed by atoms with Gasteiger partial charge >= 0.3 is 0 Å². The number of aromatic nitrogens is 2. The molecule has 0 bridgehead atoms. The van der Waals surface area contributed by atoms with Gasteiger partial charge in [-0.25, -0.2) is 10.8 Å². The third-order valence-corrected chi connectivity index (χ3v) is 2.76. The number of ether oxygens (including phenoxy) is 2. The van der Waals surface area contributed by atoms with Gasteiger partial charge in [-0.3, -0.25) is 10.1 Å². The first kappa shape index (κ1) is 14.8. The summed E-state index contributed by atoms with van der Waals surface area (Å²) in [7, 11) is 1.38. The molecule has 0 saturated carbocycles. The molecule has 3 N–H and O–H groups in total. The first-order valence-electron chi connectivity index (χ1n) is 5.54. The molecule has 0 radical (unpaired) electrons. The second-order valence-electron chi connectivity index (χ2n) is 3.68. The molecule has 0 aliphatic carbocycles. The Kier molecular flexibility index (Phi) is 4.36. The number of nitrogens with two attached hydrogens (primary N) is 1. The van der Waals surface area contributed by atoms with Crippen LogP contribution in [0, 0.1) is 10.1 Å². The molecule has 0 aliphatic heterocycles. The zero-order chi connectivity index (χ0) is 15.4. The third-order valence-electron chi connectivity index (χ3n) is 2.44. The van der Waals surface area contributed by atoms with E-state index in [1.165, 1.54) is 31.6 Å². The number of benzene rings is 1. The first-order chi connectivity index (χ1) is 10.1. The number of nitro groups is 1. The quantitative estimate of drug-likeness (QED) is 0.488. The van der Waals surface area contributed by atoms with Crippen molar-refractivity contribution in [1.29, 1.82) is 0 Å². The molecule has 0 spiro atoms. The Hall–Kier alpha value is -2.65. The molecule has 0 atom stereocenters. The zero-order valence-corrected chi connectivity index (χ0v) is 11.5. The highest BCUT2D eigenvalue weighted by Crippen LogP contribution is 2.37. The van der Waals surface area contributed by atoms with Crippen LogP contribution in [0.3, 0.4) is 0 Å². The molecule has 1 aromatic carbocycles. The lowest BCUT2D eigenvalue weighted by Gasteiger charge is -2.12. The monoisotopic (exact) mass is 311 g/mol. The normalized spacial score (nSPS) is 10.0. The van der Waals surface area contributed by atoms with E-state index in [4.69, 9.17) is 26.9 Å². The maximum atomic E-state index is 10.8. The van der Waals surface area contributed by atoms with E-state index in [0.29, 0.717) is 0 Å². The second-order valence-corrected chi connectivity index (χ2v) is 4.09. The summed E-state index contributed by atoms with van der Waals surface area (Å²) < 4.78 is 10.5. The van der Waals surface area contributed by atoms with Crippen molar-refractivity contribution in [2.24, 2.45) is 5.84 Å². The summed E-state index contributed by atoms with van der Waals surface area (Å²) in [6.07, 6.45) is 1.19. The number of nitrogens with zero attached hydrogens (tertiary/aromatic N) is 3. The van der Waals surface area contributed by atoms with Crippen molar-refractivity contribution in [2.45, 2.75) is 0 Å². The van der Waals surface area contributed by atoms with E-state index in [9.17, 15) is 10.1 Å². The van der Waals surface area contributed by atoms with Crippen molar-refractivity contribution in [3.63, 3.8) is 0 Å². The highest BCUT2D eigenvalue weighted by atomic mass is 35.5. The zero-order valence-electron chi connectivity index (χ0n) is 10.7. The molecule has 0 fully saturated rings. The molecule has 21 heavy (non-hydrogen) atoms. The number of nitrogen functional groups attached to an aromatic ring is 1. The van der Waals surface area contributed by atoms with Gasteiger partial charge < -0.3 is 14.9 Å². The van der Waals surface area contributed by atoms with Crippen LogP contribution in [0.15, 0.2) is 24.5 Å². The van der Waals surface area contributed by atoms with E-state index < -0.39 is 4.92 Å². The van der Waals surface area contributed by atoms with Gasteiger partial charge in [-0.05, 0) is 6.07 Å². The molecule has 10 heteroatoms. The van der Waals surface area contributed by atoms with E-state index in [1.54, 1.807) is 0 Å². The summed E-state index contributed by atoms with van der Waals surface area (Å²) in [5.74, 6) is 5.71. The molecule has 0 aliphatic rings. The maximum Gasteiger partial charge on any atom is 0.273 e. The van der Waals surface area contributed by atoms with Crippen molar-refractivity contribution in [2.75, 3.05) is 12.5 Å². The van der Waals surface area contributed by atoms with Gasteiger partial charge in [-0.1, -0.05) is 11.6 Å². The molecular weight excluding hydrogens is 302 g/mol. The Labute approximate surface area is 123 Å². The van der Waals surface area contributed by atoms with Crippen molar-refractivity contribution in [3.8, 4) is 17.4 Å². The van der Waals surface area contributed by atoms with Gasteiger partial charge in [-0.2, -0.15) is 4.98 Å². The van der Waals surface area contributed by atoms with Crippen LogP contribution >= 0.6 is 11.6 Å². The minimum atomic E-state index is -0.562. The number of halogens is 1. The molecular formula is C11H10ClN5O4. The number of methoxy groups -OCH3 is 1. The van der Waals surface area contributed by atoms with Gasteiger partial charge in [0, 0.05) is 6.07 Å². The van der Waals surface area contributed by atoms with Gasteiger partial charge in [-0.15, -0.1) is 0 Å². The Morgan fingerprint density at radius 3 is 2.81 bits per heavy atom. The smallest absolute Gasteiger partial charge is 0.273 e. The van der Waals surface area contributed by atoms with Crippen LogP contribution in [0.1, 0.15) is 0 Å². The van der Waals surface area contributed by atoms with Crippen LogP contribution in [0.4, 0.5) is 11.5 Å². The largest absolute Gasteiger partial charge is 0.489 e. The lowest BCUT2D eigenvalue weighted by atomic mass is 10.3. The molecule has 0 unspecified atom stereocenters. The van der Waals surface area contributed by atoms with Crippen LogP contribution in [0.2, 0.25) is 5.02 Å². The first-order valence-corrected chi connectivity index (χ1v) is 5.92. The molecule has 1 heterocycles. The van der Waals surface area contributed by atoms with Crippen molar-refractivity contribution in [3.05, 3.63) is 39.7 Å². The van der Waals surface area contributed by atoms with E-state index in [-0.39, 0.29) is 33.9 Å². The molecule has 0 saturated heterocycles. The summed E-state index contributed by atoms with van der Waals surface area (Å²) in [6, 6.07) is 3.80. The summed E-state index contributed by atoms with van der Waals surface area (Å²) >= 11 is 5.95. The number of rotatable bonds is 5. The average molecular weight is 312 g/mol. The summed E-state index contributed by atoms with van der Waals surface area (Å²) in [5, 5.41) is 11.0. The van der Waals surface area contributed by atoms with Crippen LogP contribution < -0.4 is 20.7 Å². The van der Waals surface area contributed by atoms with E-state index >= 15 is 0 Å². The number of anilines is 1. The van der Waals surface area contributed by atoms with Crippen LogP contribution in [0.5, 0.6) is 17.4 Å². The highest BCUT2D eigenvalue weighted by Gasteiger charge is 2.17. The molecule has 2 aromatic rings. The van der Waals surface area contributed by atoms with Crippen LogP contribution in [-0.4, -0.2) is 22.0 Å². The van der Waals surface area contributed by atoms with Gasteiger partial charge in [0.05, 0.1) is 23.1 Å². The minimum absolute atomic E-state index is 0.0165. The lowest BCUT2D eigenvalue weighted by molar-refractivity contribution is -0.384. The van der Waals surface area contributed by atoms with Crippen LogP contribution in [-0.2, 0) is 0 Å². The number of nitro benzene ring substituents is 1. The molecule has 1 aromatic heterocycles. The Balaban J connectivity index is 2.43. The van der Waals surface area contributed by atoms with Gasteiger partial charge in [0.1, 0.15) is 6.33 Å². The van der Waals surface area contributed by atoms with E-state index in [1.807, 2.05) is 0 Å². The fourth-order valence-electron chi connectivity index (χ4n) is 1.51. The fourth-order valence-corrected chi connectivity index (χ4v) is 1.66. The molecule has 0 amide bonds. The number of hydrogen-bond donors (Lipinski definition) is 2. The van der Waals surface area contributed by atoms with Crippen LogP contribution in [0.25, 0.3) is 0 Å². The predicted octanol–water partition coefficient (Wildman–Crippen LogP) is 2.12. The average Bonchev–Trinajstić information content (AvgIpc) is 2.48. The van der Waals surface area contributed by atoms with Gasteiger partial charge in [0.15, 0.2) is 11.6 Å². The van der Waals surface area contributed by atoms with E-state index in [2.05, 4.69) is 15.4 Å². The summed E-state index contributed by atoms with van der Waals surface area (Å²) in [4.78, 5) is 17.9.